The first-order valence-electron chi connectivity index (χ1n) is 12.2. The Morgan fingerprint density at radius 1 is 0.919 bits per heavy atom. The Kier molecular flexibility index (Phi) is 10.2. The molecule has 5 heteroatoms. The largest absolute Gasteiger partial charge is 0.512 e. The molecule has 0 saturated carbocycles. The number of allylic oxidation sites excluding steroid dienone is 2. The van der Waals surface area contributed by atoms with Crippen LogP contribution in [0.5, 0.6) is 0 Å². The van der Waals surface area contributed by atoms with Gasteiger partial charge in [0.15, 0.2) is 5.78 Å². The maximum Gasteiger partial charge on any atom is 0.155 e. The quantitative estimate of drug-likeness (QED) is 0.133. The van der Waals surface area contributed by atoms with Gasteiger partial charge in [-0.3, -0.25) is 9.78 Å². The van der Waals surface area contributed by atoms with Crippen molar-refractivity contribution in [1.82, 2.24) is 4.98 Å². The number of ketones is 1. The zero-order valence-electron chi connectivity index (χ0n) is 22.9. The number of thiophene rings is 1. The van der Waals surface area contributed by atoms with Crippen LogP contribution in [0.4, 0.5) is 0 Å². The topological polar surface area (TPSA) is 50.2 Å². The second kappa shape index (κ2) is 12.3. The fourth-order valence-corrected chi connectivity index (χ4v) is 4.71. The van der Waals surface area contributed by atoms with Crippen molar-refractivity contribution in [2.45, 2.75) is 66.2 Å². The number of fused-ring (bicyclic) bond motifs is 1. The third-order valence-corrected chi connectivity index (χ3v) is 6.82. The molecule has 4 rings (SSSR count). The van der Waals surface area contributed by atoms with E-state index in [0.717, 1.165) is 16.1 Å². The van der Waals surface area contributed by atoms with Crippen LogP contribution in [0.1, 0.15) is 66.5 Å². The van der Waals surface area contributed by atoms with Gasteiger partial charge in [0.1, 0.15) is 4.83 Å². The number of rotatable bonds is 3. The van der Waals surface area contributed by atoms with Gasteiger partial charge in [-0.25, -0.2) is 0 Å². The van der Waals surface area contributed by atoms with E-state index in [9.17, 15) is 4.79 Å². The number of aliphatic hydroxyl groups is 1. The summed E-state index contributed by atoms with van der Waals surface area (Å²) in [7, 11) is 0. The maximum atomic E-state index is 10.0. The van der Waals surface area contributed by atoms with Gasteiger partial charge in [-0.1, -0.05) is 59.7 Å². The third kappa shape index (κ3) is 8.46. The Morgan fingerprint density at radius 2 is 1.54 bits per heavy atom. The molecule has 0 spiro atoms. The summed E-state index contributed by atoms with van der Waals surface area (Å²) in [6.45, 7) is 16.6. The van der Waals surface area contributed by atoms with E-state index in [1.54, 1.807) is 11.3 Å². The van der Waals surface area contributed by atoms with Crippen LogP contribution in [0.2, 0.25) is 0 Å². The first-order valence-corrected chi connectivity index (χ1v) is 13.0. The van der Waals surface area contributed by atoms with Crippen molar-refractivity contribution in [1.29, 1.82) is 0 Å². The number of aromatic nitrogens is 1. The molecule has 0 aliphatic carbocycles. The Bertz CT molecular complexity index is 1350. The average Bonchev–Trinajstić information content (AvgIpc) is 3.21. The molecule has 2 heterocycles. The molecule has 0 aliphatic heterocycles. The molecule has 197 valence electrons. The molecule has 1 N–H and O–H groups in total. The van der Waals surface area contributed by atoms with Gasteiger partial charge >= 0.3 is 0 Å². The molecule has 4 aromatic rings. The molecule has 3 nitrogen and oxygen atoms in total. The van der Waals surface area contributed by atoms with E-state index in [4.69, 9.17) is 10.1 Å². The first kappa shape index (κ1) is 30.6. The van der Waals surface area contributed by atoms with Crippen LogP contribution in [0.25, 0.3) is 31.9 Å². The van der Waals surface area contributed by atoms with Crippen LogP contribution >= 0.6 is 11.3 Å². The molecule has 37 heavy (non-hydrogen) atoms. The number of hydrogen-bond acceptors (Lipinski definition) is 4. The SMILES string of the molecule is CC(=O)/C=C(/C)O.CC(C)(C)c1cc(-c2cc3ccc(-c4[c-]cccc4)nc3s2)cc(C(C)(C)C)c1.[Ir]. The van der Waals surface area contributed by atoms with Gasteiger partial charge in [0.2, 0.25) is 0 Å². The minimum Gasteiger partial charge on any atom is -0.512 e. The number of hydrogen-bond donors (Lipinski definition) is 1. The van der Waals surface area contributed by atoms with Crippen molar-refractivity contribution < 1.29 is 30.0 Å². The molecule has 0 unspecified atom stereocenters. The van der Waals surface area contributed by atoms with Crippen molar-refractivity contribution in [3.63, 3.8) is 0 Å². The van der Waals surface area contributed by atoms with Gasteiger partial charge in [0.05, 0.1) is 5.76 Å². The standard InChI is InChI=1S/C27H28NS.C5H8O2.Ir/c1-26(2,3)21-14-20(15-22(17-21)27(4,5)6)24-16-19-12-13-23(28-25(19)29-24)18-10-8-7-9-11-18;1-4(6)3-5(2)7;/h7-10,12-17H,1-6H3;3,6H,1-2H3;/q-1;;/b;4-3-;. The molecule has 2 aromatic carbocycles. The van der Waals surface area contributed by atoms with E-state index in [1.807, 2.05) is 18.2 Å². The monoisotopic (exact) mass is 691 g/mol. The summed E-state index contributed by atoms with van der Waals surface area (Å²) in [5.74, 6) is -0.0625. The van der Waals surface area contributed by atoms with E-state index in [-0.39, 0.29) is 42.5 Å². The van der Waals surface area contributed by atoms with Gasteiger partial charge in [0, 0.05) is 36.4 Å². The van der Waals surface area contributed by atoms with E-state index < -0.39 is 0 Å². The van der Waals surface area contributed by atoms with Crippen LogP contribution in [-0.4, -0.2) is 15.9 Å². The van der Waals surface area contributed by atoms with Gasteiger partial charge in [-0.15, -0.1) is 47.2 Å². The predicted octanol–water partition coefficient (Wildman–Crippen LogP) is 9.06. The zero-order valence-corrected chi connectivity index (χ0v) is 26.1. The number of pyridine rings is 1. The molecule has 0 saturated heterocycles. The van der Waals surface area contributed by atoms with E-state index in [1.165, 1.54) is 46.9 Å². The number of benzene rings is 2. The minimum absolute atomic E-state index is 0. The number of carbonyl (C=O) groups is 1. The fraction of sp³-hybridized carbons (Fsp3) is 0.312. The predicted molar refractivity (Wildman–Crippen MR) is 154 cm³/mol. The third-order valence-electron chi connectivity index (χ3n) is 5.73. The second-order valence-corrected chi connectivity index (χ2v) is 12.2. The fourth-order valence-electron chi connectivity index (χ4n) is 3.69. The molecule has 2 aromatic heterocycles. The van der Waals surface area contributed by atoms with Crippen molar-refractivity contribution >= 4 is 27.3 Å². The van der Waals surface area contributed by atoms with Crippen LogP contribution < -0.4 is 0 Å². The van der Waals surface area contributed by atoms with Gasteiger partial charge < -0.3 is 5.11 Å². The zero-order chi connectivity index (χ0) is 26.7. The molecular formula is C32H36IrNO2S-. The Balaban J connectivity index is 0.000000532. The van der Waals surface area contributed by atoms with Crippen molar-refractivity contribution in [3.8, 4) is 21.7 Å². The maximum absolute atomic E-state index is 10.0. The summed E-state index contributed by atoms with van der Waals surface area (Å²) in [5.41, 5.74) is 6.29. The van der Waals surface area contributed by atoms with Crippen molar-refractivity contribution in [2.24, 2.45) is 0 Å². The number of aliphatic hydroxyl groups excluding tert-OH is 1. The molecule has 0 aliphatic rings. The first-order chi connectivity index (χ1) is 16.7. The second-order valence-electron chi connectivity index (χ2n) is 11.2. The van der Waals surface area contributed by atoms with Crippen molar-refractivity contribution in [3.05, 3.63) is 89.7 Å². The van der Waals surface area contributed by atoms with Crippen LogP contribution in [0.3, 0.4) is 0 Å². The number of nitrogens with zero attached hydrogens (tertiary/aromatic N) is 1. The molecule has 0 bridgehead atoms. The Hall–Kier alpha value is -2.59. The molecule has 1 radical (unpaired) electrons. The summed E-state index contributed by atoms with van der Waals surface area (Å²) in [6.07, 6.45) is 1.17. The smallest absolute Gasteiger partial charge is 0.155 e. The molecule has 0 fully saturated rings. The molecule has 0 atom stereocenters. The summed E-state index contributed by atoms with van der Waals surface area (Å²) < 4.78 is 0. The van der Waals surface area contributed by atoms with E-state index in [2.05, 4.69) is 90.1 Å². The molecule has 0 amide bonds. The average molecular weight is 691 g/mol. The van der Waals surface area contributed by atoms with E-state index in [0.29, 0.717) is 0 Å². The van der Waals surface area contributed by atoms with Crippen LogP contribution in [-0.2, 0) is 35.7 Å². The van der Waals surface area contributed by atoms with Gasteiger partial charge in [0.25, 0.3) is 0 Å². The summed E-state index contributed by atoms with van der Waals surface area (Å²) >= 11 is 1.77. The van der Waals surface area contributed by atoms with Crippen LogP contribution in [0, 0.1) is 6.07 Å². The number of carbonyl (C=O) groups excluding carboxylic acids is 1. The Morgan fingerprint density at radius 3 is 2.00 bits per heavy atom. The van der Waals surface area contributed by atoms with Crippen LogP contribution in [0.15, 0.2) is 72.5 Å². The van der Waals surface area contributed by atoms with Crippen molar-refractivity contribution in [2.75, 3.05) is 0 Å². The van der Waals surface area contributed by atoms with Gasteiger partial charge in [-0.2, -0.15) is 0 Å². The molecular weight excluding hydrogens is 655 g/mol. The minimum atomic E-state index is -0.125. The summed E-state index contributed by atoms with van der Waals surface area (Å²) in [6, 6.07) is 24.9. The normalized spacial score (nSPS) is 11.9. The Labute approximate surface area is 239 Å². The van der Waals surface area contributed by atoms with Gasteiger partial charge in [-0.05, 0) is 65.3 Å². The summed E-state index contributed by atoms with van der Waals surface area (Å²) in [4.78, 5) is 17.3. The summed E-state index contributed by atoms with van der Waals surface area (Å²) in [5, 5.41) is 9.56. The van der Waals surface area contributed by atoms with E-state index >= 15 is 0 Å².